The van der Waals surface area contributed by atoms with Crippen LogP contribution in [0.3, 0.4) is 0 Å². The minimum atomic E-state index is -0.831. The molecule has 0 aromatic heterocycles. The summed E-state index contributed by atoms with van der Waals surface area (Å²) < 4.78 is 4.60. The Morgan fingerprint density at radius 1 is 1.62 bits per heavy atom. The summed E-state index contributed by atoms with van der Waals surface area (Å²) in [6.07, 6.45) is 0.231. The third-order valence-electron chi connectivity index (χ3n) is 1.26. The standard InChI is InChI=1S/C6H8N2O4S/c1-2-3(9)12-13-5-4(10)7-6(11)8-5/h5H,2H2,1H3,(H2,7,8,10,11). The molecule has 0 radical (unpaired) electrons. The Labute approximate surface area is 78.6 Å². The molecule has 1 unspecified atom stereocenters. The predicted molar refractivity (Wildman–Crippen MR) is 44.4 cm³/mol. The molecule has 3 amide bonds. The predicted octanol–water partition coefficient (Wildman–Crippen LogP) is -0.247. The summed E-state index contributed by atoms with van der Waals surface area (Å²) in [7, 11) is 0. The van der Waals surface area contributed by atoms with Gasteiger partial charge in [-0.3, -0.25) is 14.9 Å². The fraction of sp³-hybridized carbons (Fsp3) is 0.500. The maximum atomic E-state index is 10.9. The van der Waals surface area contributed by atoms with Crippen molar-refractivity contribution in [2.45, 2.75) is 18.7 Å². The van der Waals surface area contributed by atoms with Gasteiger partial charge < -0.3 is 9.50 Å². The highest BCUT2D eigenvalue weighted by molar-refractivity contribution is 7.96. The van der Waals surface area contributed by atoms with Crippen LogP contribution in [0, 0.1) is 0 Å². The zero-order valence-corrected chi connectivity index (χ0v) is 7.64. The number of imide groups is 1. The van der Waals surface area contributed by atoms with Gasteiger partial charge in [0.25, 0.3) is 5.91 Å². The maximum Gasteiger partial charge on any atom is 0.322 e. The Morgan fingerprint density at radius 2 is 2.31 bits per heavy atom. The van der Waals surface area contributed by atoms with E-state index in [4.69, 9.17) is 0 Å². The number of carbonyl (C=O) groups excluding carboxylic acids is 3. The van der Waals surface area contributed by atoms with Crippen molar-refractivity contribution in [1.82, 2.24) is 10.6 Å². The van der Waals surface area contributed by atoms with Crippen molar-refractivity contribution in [3.8, 4) is 0 Å². The molecule has 1 rings (SSSR count). The summed E-state index contributed by atoms with van der Waals surface area (Å²) in [5, 5.41) is 3.45. The van der Waals surface area contributed by atoms with Crippen molar-refractivity contribution in [2.75, 3.05) is 0 Å². The molecule has 7 heteroatoms. The SMILES string of the molecule is CCC(=O)OSC1NC(=O)NC1=O. The monoisotopic (exact) mass is 204 g/mol. The van der Waals surface area contributed by atoms with Gasteiger partial charge in [-0.2, -0.15) is 0 Å². The van der Waals surface area contributed by atoms with Gasteiger partial charge in [0.15, 0.2) is 5.37 Å². The fourth-order valence-corrected chi connectivity index (χ4v) is 1.25. The number of nitrogens with one attached hydrogen (secondary N) is 2. The number of hydrogen-bond donors (Lipinski definition) is 2. The fourth-order valence-electron chi connectivity index (χ4n) is 0.627. The van der Waals surface area contributed by atoms with Gasteiger partial charge in [-0.1, -0.05) is 6.92 Å². The number of urea groups is 1. The Hall–Kier alpha value is -1.24. The smallest absolute Gasteiger partial charge is 0.322 e. The van der Waals surface area contributed by atoms with Crippen LogP contribution in [0.1, 0.15) is 13.3 Å². The minimum absolute atomic E-state index is 0.231. The molecule has 0 aromatic carbocycles. The molecule has 0 aliphatic carbocycles. The van der Waals surface area contributed by atoms with Gasteiger partial charge in [0.1, 0.15) is 0 Å². The third-order valence-corrected chi connectivity index (χ3v) is 2.07. The first-order valence-electron chi connectivity index (χ1n) is 3.61. The van der Waals surface area contributed by atoms with Crippen molar-refractivity contribution in [1.29, 1.82) is 0 Å². The molecule has 1 aliphatic heterocycles. The molecule has 2 N–H and O–H groups in total. The summed E-state index contributed by atoms with van der Waals surface area (Å²) in [6, 6.07) is -0.574. The summed E-state index contributed by atoms with van der Waals surface area (Å²) in [5.74, 6) is -0.933. The van der Waals surface area contributed by atoms with E-state index >= 15 is 0 Å². The average molecular weight is 204 g/mol. The van der Waals surface area contributed by atoms with E-state index in [1.54, 1.807) is 6.92 Å². The highest BCUT2D eigenvalue weighted by Crippen LogP contribution is 2.13. The molecule has 1 saturated heterocycles. The van der Waals surface area contributed by atoms with Crippen molar-refractivity contribution in [3.63, 3.8) is 0 Å². The van der Waals surface area contributed by atoms with Crippen LogP contribution >= 0.6 is 12.0 Å². The molecular weight excluding hydrogens is 196 g/mol. The normalized spacial score (nSPS) is 20.8. The zero-order valence-electron chi connectivity index (χ0n) is 6.83. The van der Waals surface area contributed by atoms with Gasteiger partial charge in [0, 0.05) is 6.42 Å². The molecule has 1 fully saturated rings. The lowest BCUT2D eigenvalue weighted by Gasteiger charge is -2.04. The van der Waals surface area contributed by atoms with E-state index in [0.29, 0.717) is 12.0 Å². The second kappa shape index (κ2) is 4.13. The molecular formula is C6H8N2O4S. The molecule has 6 nitrogen and oxygen atoms in total. The van der Waals surface area contributed by atoms with E-state index in [0.717, 1.165) is 0 Å². The van der Waals surface area contributed by atoms with E-state index in [2.05, 4.69) is 9.50 Å². The highest BCUT2D eigenvalue weighted by atomic mass is 32.2. The van der Waals surface area contributed by atoms with Crippen molar-refractivity contribution >= 4 is 30.0 Å². The average Bonchev–Trinajstić information content (AvgIpc) is 2.41. The topological polar surface area (TPSA) is 84.5 Å². The van der Waals surface area contributed by atoms with Gasteiger partial charge in [0.2, 0.25) is 0 Å². The molecule has 0 aromatic rings. The van der Waals surface area contributed by atoms with Crippen LogP contribution in [0.15, 0.2) is 0 Å². The Kier molecular flexibility index (Phi) is 3.13. The highest BCUT2D eigenvalue weighted by Gasteiger charge is 2.31. The lowest BCUT2D eigenvalue weighted by atomic mass is 10.5. The van der Waals surface area contributed by atoms with Gasteiger partial charge in [0.05, 0.1) is 12.0 Å². The van der Waals surface area contributed by atoms with Gasteiger partial charge in [-0.25, -0.2) is 4.79 Å². The number of hydrogen-bond acceptors (Lipinski definition) is 5. The van der Waals surface area contributed by atoms with Crippen molar-refractivity contribution in [2.24, 2.45) is 0 Å². The van der Waals surface area contributed by atoms with E-state index in [-0.39, 0.29) is 6.42 Å². The second-order valence-corrected chi connectivity index (χ2v) is 3.08. The molecule has 0 spiro atoms. The Bertz CT molecular complexity index is 255. The molecule has 0 saturated carbocycles. The summed E-state index contributed by atoms with van der Waals surface area (Å²) in [5.41, 5.74) is 0. The summed E-state index contributed by atoms with van der Waals surface area (Å²) in [4.78, 5) is 32.1. The van der Waals surface area contributed by atoms with Gasteiger partial charge in [-0.05, 0) is 0 Å². The van der Waals surface area contributed by atoms with Gasteiger partial charge in [-0.15, -0.1) is 0 Å². The second-order valence-electron chi connectivity index (χ2n) is 2.25. The minimum Gasteiger partial charge on any atom is -0.389 e. The van der Waals surface area contributed by atoms with Crippen LogP contribution in [0.5, 0.6) is 0 Å². The van der Waals surface area contributed by atoms with Crippen molar-refractivity contribution in [3.05, 3.63) is 0 Å². The number of amides is 3. The van der Waals surface area contributed by atoms with Crippen molar-refractivity contribution < 1.29 is 18.6 Å². The lowest BCUT2D eigenvalue weighted by Crippen LogP contribution is -2.25. The Balaban J connectivity index is 2.33. The lowest BCUT2D eigenvalue weighted by molar-refractivity contribution is -0.132. The van der Waals surface area contributed by atoms with Gasteiger partial charge >= 0.3 is 12.0 Å². The van der Waals surface area contributed by atoms with E-state index in [1.165, 1.54) is 0 Å². The van der Waals surface area contributed by atoms with Crippen LogP contribution in [-0.2, 0) is 13.8 Å². The van der Waals surface area contributed by atoms with E-state index < -0.39 is 23.3 Å². The van der Waals surface area contributed by atoms with Crippen LogP contribution in [0.25, 0.3) is 0 Å². The van der Waals surface area contributed by atoms with Crippen LogP contribution in [-0.4, -0.2) is 23.3 Å². The largest absolute Gasteiger partial charge is 0.389 e. The molecule has 1 atom stereocenters. The first-order chi connectivity index (χ1) is 6.13. The molecule has 1 heterocycles. The van der Waals surface area contributed by atoms with Crippen LogP contribution in [0.4, 0.5) is 4.79 Å². The van der Waals surface area contributed by atoms with Crippen LogP contribution in [0.2, 0.25) is 0 Å². The number of carbonyl (C=O) groups is 3. The number of rotatable bonds is 3. The van der Waals surface area contributed by atoms with E-state index in [9.17, 15) is 14.4 Å². The zero-order chi connectivity index (χ0) is 9.84. The summed E-state index contributed by atoms with van der Waals surface area (Å²) in [6.45, 7) is 1.64. The first-order valence-corrected chi connectivity index (χ1v) is 4.41. The first kappa shape index (κ1) is 9.85. The molecule has 13 heavy (non-hydrogen) atoms. The quantitative estimate of drug-likeness (QED) is 0.489. The maximum absolute atomic E-state index is 10.9. The third kappa shape index (κ3) is 2.62. The Morgan fingerprint density at radius 3 is 2.77 bits per heavy atom. The molecule has 72 valence electrons. The molecule has 1 aliphatic rings. The molecule has 0 bridgehead atoms. The summed E-state index contributed by atoms with van der Waals surface area (Å²) >= 11 is 0.635. The van der Waals surface area contributed by atoms with Crippen LogP contribution < -0.4 is 10.6 Å². The van der Waals surface area contributed by atoms with E-state index in [1.807, 2.05) is 5.32 Å².